The van der Waals surface area contributed by atoms with Crippen molar-refractivity contribution in [3.8, 4) is 11.6 Å². The van der Waals surface area contributed by atoms with Crippen LogP contribution in [0.15, 0.2) is 12.1 Å². The lowest BCUT2D eigenvalue weighted by atomic mass is 9.85. The summed E-state index contributed by atoms with van der Waals surface area (Å²) in [7, 11) is -3.53. The quantitative estimate of drug-likeness (QED) is 0.626. The van der Waals surface area contributed by atoms with Crippen LogP contribution < -0.4 is 14.2 Å². The minimum atomic E-state index is -4.92. The molecule has 1 aromatic rings. The second-order valence-corrected chi connectivity index (χ2v) is 11.2. The van der Waals surface area contributed by atoms with Crippen LogP contribution in [-0.2, 0) is 19.5 Å². The lowest BCUT2D eigenvalue weighted by Gasteiger charge is -2.33. The fraction of sp³-hybridized carbons (Fsp3) is 0.727. The van der Waals surface area contributed by atoms with Crippen molar-refractivity contribution in [1.82, 2.24) is 14.6 Å². The number of pyridine rings is 1. The van der Waals surface area contributed by atoms with Crippen LogP contribution in [0.3, 0.4) is 0 Å². The Balaban J connectivity index is 1.57. The van der Waals surface area contributed by atoms with Gasteiger partial charge in [-0.05, 0) is 51.2 Å². The van der Waals surface area contributed by atoms with Gasteiger partial charge in [-0.25, -0.2) is 22.9 Å². The molecule has 0 aromatic carbocycles. The van der Waals surface area contributed by atoms with Gasteiger partial charge in [-0.15, -0.1) is 13.2 Å². The zero-order valence-corrected chi connectivity index (χ0v) is 20.8. The summed E-state index contributed by atoms with van der Waals surface area (Å²) in [4.78, 5) is 18.7. The number of sulfonamides is 1. The molecule has 4 bridgehead atoms. The fourth-order valence-electron chi connectivity index (χ4n) is 5.15. The Hall–Kier alpha value is -2.32. The molecule has 14 heteroatoms. The molecule has 1 saturated heterocycles. The number of hydrogen-bond acceptors (Lipinski definition) is 8. The molecule has 1 aliphatic carbocycles. The van der Waals surface area contributed by atoms with E-state index >= 15 is 0 Å². The third-order valence-corrected chi connectivity index (χ3v) is 7.41. The predicted molar refractivity (Wildman–Crippen MR) is 120 cm³/mol. The van der Waals surface area contributed by atoms with Gasteiger partial charge >= 0.3 is 12.5 Å². The smallest absolute Gasteiger partial charge is 0.471 e. The number of ether oxygens (including phenoxy) is 4. The molecule has 0 spiro atoms. The number of amides is 1. The molecule has 1 N–H and O–H groups in total. The predicted octanol–water partition coefficient (Wildman–Crippen LogP) is 2.93. The molecule has 4 heterocycles. The first-order chi connectivity index (χ1) is 16.9. The Morgan fingerprint density at radius 3 is 2.50 bits per heavy atom. The maximum absolute atomic E-state index is 12.9. The summed E-state index contributed by atoms with van der Waals surface area (Å²) in [5.74, 6) is -0.879. The van der Waals surface area contributed by atoms with E-state index in [-0.39, 0.29) is 43.8 Å². The summed E-state index contributed by atoms with van der Waals surface area (Å²) in [5.41, 5.74) is 0.593. The fourth-order valence-corrected chi connectivity index (χ4v) is 5.95. The van der Waals surface area contributed by atoms with Crippen LogP contribution in [-0.4, -0.2) is 81.1 Å². The third kappa shape index (κ3) is 6.71. The lowest BCUT2D eigenvalue weighted by molar-refractivity contribution is -0.275. The largest absolute Gasteiger partial charge is 0.573 e. The van der Waals surface area contributed by atoms with Gasteiger partial charge in [-0.3, -0.25) is 4.90 Å². The van der Waals surface area contributed by atoms with Crippen LogP contribution in [0.5, 0.6) is 11.6 Å². The molecule has 1 amide bonds. The van der Waals surface area contributed by atoms with E-state index in [4.69, 9.17) is 14.2 Å². The van der Waals surface area contributed by atoms with Crippen molar-refractivity contribution in [2.24, 2.45) is 0 Å². The molecule has 1 aromatic heterocycles. The molecule has 3 atom stereocenters. The van der Waals surface area contributed by atoms with E-state index in [2.05, 4.69) is 14.4 Å². The SMILES string of the molecule is C[C@@H]1C[C@H](NS(C)(=O)=O)C2COC3CCC(CC3)c3ccc(OC(F)(F)F)c(n3)OCCOC(=O)N21. The Morgan fingerprint density at radius 1 is 1.14 bits per heavy atom. The summed E-state index contributed by atoms with van der Waals surface area (Å²) < 4.78 is 86.0. The minimum Gasteiger partial charge on any atom is -0.471 e. The standard InChI is InChI=1S/C22H30F3N3O7S/c1-13-11-17(27-36(2,30)31)18-12-34-15-5-3-14(4-6-15)16-7-8-19(35-22(23,24)25)20(26-16)32-9-10-33-21(29)28(13)18/h7-8,13-15,17-18,27H,3-6,9-12H2,1-2H3/t13-,14?,15?,17+,18?/m1/s1. The van der Waals surface area contributed by atoms with Crippen molar-refractivity contribution >= 4 is 16.1 Å². The molecular formula is C22H30F3N3O7S. The van der Waals surface area contributed by atoms with E-state index < -0.39 is 40.3 Å². The molecule has 10 nitrogen and oxygen atoms in total. The van der Waals surface area contributed by atoms with Crippen LogP contribution in [0.1, 0.15) is 50.6 Å². The maximum atomic E-state index is 12.9. The van der Waals surface area contributed by atoms with Gasteiger partial charge in [0.25, 0.3) is 5.88 Å². The number of rotatable bonds is 3. The number of aromatic nitrogens is 1. The van der Waals surface area contributed by atoms with E-state index in [0.717, 1.165) is 6.26 Å². The number of carbonyl (C=O) groups is 1. The van der Waals surface area contributed by atoms with Gasteiger partial charge in [-0.2, -0.15) is 0 Å². The lowest BCUT2D eigenvalue weighted by Crippen LogP contribution is -2.50. The van der Waals surface area contributed by atoms with Crippen molar-refractivity contribution in [2.45, 2.75) is 75.5 Å². The molecule has 3 aliphatic heterocycles. The van der Waals surface area contributed by atoms with E-state index in [1.54, 1.807) is 6.92 Å². The molecule has 202 valence electrons. The highest BCUT2D eigenvalue weighted by Gasteiger charge is 2.44. The van der Waals surface area contributed by atoms with Crippen LogP contribution in [0.4, 0.5) is 18.0 Å². The van der Waals surface area contributed by atoms with Crippen molar-refractivity contribution < 1.29 is 45.3 Å². The molecule has 36 heavy (non-hydrogen) atoms. The Kier molecular flexibility index (Phi) is 7.86. The summed E-state index contributed by atoms with van der Waals surface area (Å²) in [6, 6.07) is 1.25. The maximum Gasteiger partial charge on any atom is 0.573 e. The van der Waals surface area contributed by atoms with Gasteiger partial charge in [-0.1, -0.05) is 0 Å². The Labute approximate surface area is 207 Å². The topological polar surface area (TPSA) is 116 Å². The first kappa shape index (κ1) is 26.7. The van der Waals surface area contributed by atoms with Crippen LogP contribution in [0.2, 0.25) is 0 Å². The summed E-state index contributed by atoms with van der Waals surface area (Å²) in [6.07, 6.45) is -1.51. The highest BCUT2D eigenvalue weighted by atomic mass is 32.2. The number of nitrogens with zero attached hydrogens (tertiary/aromatic N) is 2. The Morgan fingerprint density at radius 2 is 1.83 bits per heavy atom. The molecule has 1 unspecified atom stereocenters. The highest BCUT2D eigenvalue weighted by molar-refractivity contribution is 7.88. The van der Waals surface area contributed by atoms with E-state index in [1.165, 1.54) is 17.0 Å². The second-order valence-electron chi connectivity index (χ2n) is 9.41. The van der Waals surface area contributed by atoms with Crippen LogP contribution in [0.25, 0.3) is 0 Å². The summed E-state index contributed by atoms with van der Waals surface area (Å²) >= 11 is 0. The zero-order chi connectivity index (χ0) is 26.1. The third-order valence-electron chi connectivity index (χ3n) is 6.68. The number of alkyl halides is 3. The Bertz CT molecular complexity index is 1050. The minimum absolute atomic E-state index is 0.0144. The molecule has 5 rings (SSSR count). The first-order valence-electron chi connectivity index (χ1n) is 11.8. The van der Waals surface area contributed by atoms with Gasteiger partial charge in [0.2, 0.25) is 10.0 Å². The second kappa shape index (κ2) is 10.6. The van der Waals surface area contributed by atoms with Gasteiger partial charge in [0.05, 0.1) is 25.0 Å². The normalized spacial score (nSPS) is 29.9. The van der Waals surface area contributed by atoms with Crippen molar-refractivity contribution in [1.29, 1.82) is 0 Å². The first-order valence-corrected chi connectivity index (χ1v) is 13.7. The summed E-state index contributed by atoms with van der Waals surface area (Å²) in [6.45, 7) is 1.42. The van der Waals surface area contributed by atoms with Gasteiger partial charge in [0.15, 0.2) is 5.75 Å². The van der Waals surface area contributed by atoms with Crippen molar-refractivity contribution in [3.63, 3.8) is 0 Å². The van der Waals surface area contributed by atoms with Crippen molar-refractivity contribution in [3.05, 3.63) is 17.8 Å². The number of hydrogen-bond donors (Lipinski definition) is 1. The van der Waals surface area contributed by atoms with E-state index in [0.29, 0.717) is 37.8 Å². The summed E-state index contributed by atoms with van der Waals surface area (Å²) in [5, 5.41) is 0. The average Bonchev–Trinajstić information content (AvgIpc) is 3.07. The van der Waals surface area contributed by atoms with Crippen LogP contribution >= 0.6 is 0 Å². The zero-order valence-electron chi connectivity index (χ0n) is 20.0. The van der Waals surface area contributed by atoms with Crippen LogP contribution in [0, 0.1) is 0 Å². The number of halogens is 3. The van der Waals surface area contributed by atoms with Gasteiger partial charge < -0.3 is 18.9 Å². The molecule has 4 aliphatic rings. The number of nitrogens with one attached hydrogen (secondary N) is 1. The van der Waals surface area contributed by atoms with Crippen molar-refractivity contribution in [2.75, 3.05) is 26.1 Å². The molecular weight excluding hydrogens is 507 g/mol. The van der Waals surface area contributed by atoms with E-state index in [1.807, 2.05) is 0 Å². The molecule has 2 fully saturated rings. The van der Waals surface area contributed by atoms with Gasteiger partial charge in [0.1, 0.15) is 13.2 Å². The number of fused-ring (bicyclic) bond motifs is 7. The average molecular weight is 538 g/mol. The number of carbonyl (C=O) groups excluding carboxylic acids is 1. The highest BCUT2D eigenvalue weighted by Crippen LogP contribution is 2.38. The molecule has 1 saturated carbocycles. The van der Waals surface area contributed by atoms with Gasteiger partial charge in [0, 0.05) is 23.7 Å². The monoisotopic (exact) mass is 537 g/mol. The van der Waals surface area contributed by atoms with E-state index in [9.17, 15) is 26.4 Å². The molecule has 0 radical (unpaired) electrons.